The van der Waals surface area contributed by atoms with Crippen LogP contribution < -0.4 is 5.32 Å². The van der Waals surface area contributed by atoms with Crippen LogP contribution in [0.15, 0.2) is 0 Å². The Morgan fingerprint density at radius 3 is 2.67 bits per heavy atom. The summed E-state index contributed by atoms with van der Waals surface area (Å²) < 4.78 is 0. The average Bonchev–Trinajstić information content (AvgIpc) is 1.87. The molecule has 0 aromatic carbocycles. The van der Waals surface area contributed by atoms with Crippen LogP contribution in [-0.4, -0.2) is 25.0 Å². The van der Waals surface area contributed by atoms with Crippen LogP contribution in [0.25, 0.3) is 0 Å². The van der Waals surface area contributed by atoms with Gasteiger partial charge in [-0.3, -0.25) is 4.79 Å². The number of hydrogen-bond donors (Lipinski definition) is 1. The fourth-order valence-electron chi connectivity index (χ4n) is 0.591. The Bertz CT molecular complexity index is 95.1. The Morgan fingerprint density at radius 1 is 1.78 bits per heavy atom. The van der Waals surface area contributed by atoms with Gasteiger partial charge in [-0.15, -0.1) is 0 Å². The van der Waals surface area contributed by atoms with Gasteiger partial charge in [-0.1, -0.05) is 18.7 Å². The van der Waals surface area contributed by atoms with Crippen LogP contribution in [0.3, 0.4) is 0 Å². The first-order valence-electron chi connectivity index (χ1n) is 2.94. The fourth-order valence-corrected chi connectivity index (χ4v) is 1.08. The van der Waals surface area contributed by atoms with Crippen LogP contribution >= 0.6 is 11.8 Å². The van der Waals surface area contributed by atoms with Crippen molar-refractivity contribution in [2.24, 2.45) is 5.92 Å². The lowest BCUT2D eigenvalue weighted by atomic mass is 10.2. The smallest absolute Gasteiger partial charge is 0.192 e. The molecule has 0 fully saturated rings. The van der Waals surface area contributed by atoms with Crippen LogP contribution in [0.1, 0.15) is 6.92 Å². The molecule has 3 heteroatoms. The maximum atomic E-state index is 10.8. The van der Waals surface area contributed by atoms with E-state index in [4.69, 9.17) is 0 Å². The minimum absolute atomic E-state index is 0.144. The van der Waals surface area contributed by atoms with Crippen molar-refractivity contribution >= 4 is 16.9 Å². The van der Waals surface area contributed by atoms with E-state index in [0.29, 0.717) is 0 Å². The first-order valence-corrected chi connectivity index (χ1v) is 4.17. The van der Waals surface area contributed by atoms with E-state index >= 15 is 0 Å². The lowest BCUT2D eigenvalue weighted by Crippen LogP contribution is -2.21. The quantitative estimate of drug-likeness (QED) is 0.638. The molecule has 0 spiro atoms. The second kappa shape index (κ2) is 4.82. The van der Waals surface area contributed by atoms with Gasteiger partial charge in [0.15, 0.2) is 5.12 Å². The van der Waals surface area contributed by atoms with Gasteiger partial charge < -0.3 is 5.32 Å². The third-order valence-electron chi connectivity index (χ3n) is 1.11. The summed E-state index contributed by atoms with van der Waals surface area (Å²) in [5.41, 5.74) is 0. The molecule has 0 radical (unpaired) electrons. The molecule has 2 nitrogen and oxygen atoms in total. The highest BCUT2D eigenvalue weighted by atomic mass is 32.2. The summed E-state index contributed by atoms with van der Waals surface area (Å²) in [7, 11) is 1.85. The van der Waals surface area contributed by atoms with Crippen molar-refractivity contribution in [1.82, 2.24) is 5.32 Å². The first-order chi connectivity index (χ1) is 4.22. The van der Waals surface area contributed by atoms with Gasteiger partial charge in [0.2, 0.25) is 0 Å². The molecule has 1 unspecified atom stereocenters. The third kappa shape index (κ3) is 3.54. The summed E-state index contributed by atoms with van der Waals surface area (Å²) >= 11 is 1.29. The highest BCUT2D eigenvalue weighted by Crippen LogP contribution is 2.05. The Morgan fingerprint density at radius 2 is 2.33 bits per heavy atom. The van der Waals surface area contributed by atoms with Crippen LogP contribution in [0.4, 0.5) is 0 Å². The monoisotopic (exact) mass is 147 g/mol. The zero-order valence-corrected chi connectivity index (χ0v) is 6.92. The minimum Gasteiger partial charge on any atom is -0.319 e. The molecule has 1 N–H and O–H groups in total. The van der Waals surface area contributed by atoms with Crippen molar-refractivity contribution in [1.29, 1.82) is 0 Å². The van der Waals surface area contributed by atoms with E-state index < -0.39 is 0 Å². The molecule has 0 rings (SSSR count). The highest BCUT2D eigenvalue weighted by Gasteiger charge is 2.08. The molecule has 0 aliphatic rings. The van der Waals surface area contributed by atoms with E-state index in [1.54, 1.807) is 0 Å². The molecular formula is C6H13NOS. The van der Waals surface area contributed by atoms with Crippen molar-refractivity contribution in [3.63, 3.8) is 0 Å². The van der Waals surface area contributed by atoms with Gasteiger partial charge in [0, 0.05) is 12.5 Å². The van der Waals surface area contributed by atoms with Crippen molar-refractivity contribution in [3.8, 4) is 0 Å². The van der Waals surface area contributed by atoms with Crippen molar-refractivity contribution in [2.45, 2.75) is 6.92 Å². The lowest BCUT2D eigenvalue weighted by molar-refractivity contribution is -0.113. The summed E-state index contributed by atoms with van der Waals surface area (Å²) in [6.45, 7) is 2.70. The molecular weight excluding hydrogens is 134 g/mol. The average molecular weight is 147 g/mol. The minimum atomic E-state index is 0.144. The largest absolute Gasteiger partial charge is 0.319 e. The van der Waals surface area contributed by atoms with Crippen LogP contribution in [0.2, 0.25) is 0 Å². The standard InChI is InChI=1S/C6H13NOS/c1-5(4-7-2)6(8)9-3/h5,7H,4H2,1-3H3. The number of carbonyl (C=O) groups excluding carboxylic acids is 1. The molecule has 0 saturated carbocycles. The van der Waals surface area contributed by atoms with Gasteiger partial charge in [0.05, 0.1) is 0 Å². The van der Waals surface area contributed by atoms with Gasteiger partial charge in [0.1, 0.15) is 0 Å². The molecule has 0 aliphatic carbocycles. The summed E-state index contributed by atoms with van der Waals surface area (Å²) in [6, 6.07) is 0. The van der Waals surface area contributed by atoms with Crippen LogP contribution in [-0.2, 0) is 4.79 Å². The maximum Gasteiger partial charge on any atom is 0.192 e. The molecule has 1 atom stereocenters. The lowest BCUT2D eigenvalue weighted by Gasteiger charge is -2.05. The zero-order chi connectivity index (χ0) is 7.28. The summed E-state index contributed by atoms with van der Waals surface area (Å²) in [5, 5.41) is 3.20. The van der Waals surface area contributed by atoms with Gasteiger partial charge in [-0.2, -0.15) is 0 Å². The zero-order valence-electron chi connectivity index (χ0n) is 6.10. The van der Waals surface area contributed by atoms with Gasteiger partial charge in [-0.25, -0.2) is 0 Å². The normalized spacial score (nSPS) is 13.2. The predicted molar refractivity (Wildman–Crippen MR) is 41.6 cm³/mol. The molecule has 54 valence electrons. The SMILES string of the molecule is CNCC(C)C(=O)SC. The predicted octanol–water partition coefficient (Wildman–Crippen LogP) is 0.732. The first kappa shape index (κ1) is 8.98. The van der Waals surface area contributed by atoms with Gasteiger partial charge in [0.25, 0.3) is 0 Å². The summed E-state index contributed by atoms with van der Waals surface area (Å²) in [4.78, 5) is 10.8. The topological polar surface area (TPSA) is 29.1 Å². The second-order valence-corrected chi connectivity index (χ2v) is 2.79. The highest BCUT2D eigenvalue weighted by molar-refractivity contribution is 8.13. The number of carbonyl (C=O) groups is 1. The Labute approximate surface area is 60.4 Å². The Hall–Kier alpha value is -0.0200. The van der Waals surface area contributed by atoms with E-state index in [1.165, 1.54) is 11.8 Å². The van der Waals surface area contributed by atoms with Gasteiger partial charge in [-0.05, 0) is 13.3 Å². The third-order valence-corrected chi connectivity index (χ3v) is 1.92. The number of hydrogen-bond acceptors (Lipinski definition) is 3. The maximum absolute atomic E-state index is 10.8. The van der Waals surface area contributed by atoms with E-state index in [1.807, 2.05) is 20.2 Å². The van der Waals surface area contributed by atoms with E-state index in [-0.39, 0.29) is 11.0 Å². The van der Waals surface area contributed by atoms with Crippen molar-refractivity contribution < 1.29 is 4.79 Å². The molecule has 0 heterocycles. The van der Waals surface area contributed by atoms with Crippen LogP contribution in [0, 0.1) is 5.92 Å². The summed E-state index contributed by atoms with van der Waals surface area (Å²) in [5.74, 6) is 0.144. The van der Waals surface area contributed by atoms with Gasteiger partial charge >= 0.3 is 0 Å². The molecule has 0 amide bonds. The molecule has 0 saturated heterocycles. The number of nitrogens with one attached hydrogen (secondary N) is 1. The number of rotatable bonds is 3. The van der Waals surface area contributed by atoms with Crippen molar-refractivity contribution in [3.05, 3.63) is 0 Å². The van der Waals surface area contributed by atoms with E-state index in [2.05, 4.69) is 5.32 Å². The van der Waals surface area contributed by atoms with Crippen LogP contribution in [0.5, 0.6) is 0 Å². The van der Waals surface area contributed by atoms with E-state index in [9.17, 15) is 4.79 Å². The second-order valence-electron chi connectivity index (χ2n) is 1.98. The number of thioether (sulfide) groups is 1. The van der Waals surface area contributed by atoms with Crippen molar-refractivity contribution in [2.75, 3.05) is 19.8 Å². The molecule has 0 bridgehead atoms. The Balaban J connectivity index is 3.45. The molecule has 9 heavy (non-hydrogen) atoms. The fraction of sp³-hybridized carbons (Fsp3) is 0.833. The van der Waals surface area contributed by atoms with E-state index in [0.717, 1.165) is 6.54 Å². The Kier molecular flexibility index (Phi) is 4.81. The summed E-state index contributed by atoms with van der Waals surface area (Å²) in [6.07, 6.45) is 1.81. The molecule has 0 aliphatic heterocycles. The molecule has 0 aromatic rings. The molecule has 0 aromatic heterocycles.